The maximum atomic E-state index is 12.4. The lowest BCUT2D eigenvalue weighted by molar-refractivity contribution is 0.0949. The van der Waals surface area contributed by atoms with Crippen LogP contribution in [0.25, 0.3) is 5.82 Å². The van der Waals surface area contributed by atoms with Crippen molar-refractivity contribution in [3.05, 3.63) is 23.5 Å². The molecule has 0 saturated heterocycles. The molecular formula is C15H20N8O2. The topological polar surface area (TPSA) is 137 Å². The first-order chi connectivity index (χ1) is 12.2. The van der Waals surface area contributed by atoms with Crippen molar-refractivity contribution in [1.82, 2.24) is 30.7 Å². The van der Waals surface area contributed by atoms with Gasteiger partial charge in [0.25, 0.3) is 5.91 Å². The van der Waals surface area contributed by atoms with E-state index in [4.69, 9.17) is 5.73 Å². The highest BCUT2D eigenvalue weighted by atomic mass is 16.6. The Morgan fingerprint density at radius 2 is 2.40 bits per heavy atom. The molecular weight excluding hydrogens is 324 g/mol. The van der Waals surface area contributed by atoms with Crippen LogP contribution in [0.1, 0.15) is 48.8 Å². The molecule has 1 unspecified atom stereocenters. The van der Waals surface area contributed by atoms with E-state index in [9.17, 15) is 4.79 Å². The van der Waals surface area contributed by atoms with Crippen molar-refractivity contribution in [2.24, 2.45) is 11.0 Å². The highest BCUT2D eigenvalue weighted by Crippen LogP contribution is 2.17. The minimum Gasteiger partial charge on any atom is -0.378 e. The molecule has 0 fully saturated rings. The number of allylic oxidation sites excluding steroid dienone is 2. The number of hydrogen-bond donors (Lipinski definition) is 2. The number of amides is 1. The maximum absolute atomic E-state index is 12.4. The summed E-state index contributed by atoms with van der Waals surface area (Å²) < 4.78 is 5.97. The van der Waals surface area contributed by atoms with Gasteiger partial charge in [0.05, 0.1) is 5.69 Å². The van der Waals surface area contributed by atoms with E-state index in [1.165, 1.54) is 4.68 Å². The van der Waals surface area contributed by atoms with Crippen LogP contribution in [0.15, 0.2) is 21.9 Å². The Labute approximate surface area is 144 Å². The monoisotopic (exact) mass is 344 g/mol. The number of hydrogen-bond acceptors (Lipinski definition) is 8. The summed E-state index contributed by atoms with van der Waals surface area (Å²) in [5.74, 6) is 0.217. The minimum absolute atomic E-state index is 0.0811. The lowest BCUT2D eigenvalue weighted by atomic mass is 9.96. The fourth-order valence-electron chi connectivity index (χ4n) is 2.65. The molecule has 2 heterocycles. The third-order valence-corrected chi connectivity index (χ3v) is 3.92. The first kappa shape index (κ1) is 16.8. The van der Waals surface area contributed by atoms with Gasteiger partial charge < -0.3 is 5.73 Å². The SMILES string of the molecule is CCCc1c(C(=O)N/N=C/C2CC=CCC2)nnn1-c1nonc1N. The van der Waals surface area contributed by atoms with Crippen LogP contribution in [0, 0.1) is 5.92 Å². The molecule has 25 heavy (non-hydrogen) atoms. The lowest BCUT2D eigenvalue weighted by Gasteiger charge is -2.11. The minimum atomic E-state index is -0.424. The van der Waals surface area contributed by atoms with E-state index in [0.717, 1.165) is 25.7 Å². The van der Waals surface area contributed by atoms with Gasteiger partial charge >= 0.3 is 0 Å². The molecule has 3 rings (SSSR count). The Balaban J connectivity index is 1.76. The number of aromatic nitrogens is 5. The number of hydrazone groups is 1. The zero-order valence-corrected chi connectivity index (χ0v) is 13.9. The number of anilines is 1. The van der Waals surface area contributed by atoms with E-state index in [1.54, 1.807) is 6.21 Å². The Morgan fingerprint density at radius 3 is 3.08 bits per heavy atom. The molecule has 3 N–H and O–H groups in total. The normalized spacial score (nSPS) is 17.2. The molecule has 0 aliphatic heterocycles. The average Bonchev–Trinajstić information content (AvgIpc) is 3.22. The van der Waals surface area contributed by atoms with Gasteiger partial charge in [-0.3, -0.25) is 4.79 Å². The van der Waals surface area contributed by atoms with Gasteiger partial charge in [0, 0.05) is 6.21 Å². The van der Waals surface area contributed by atoms with Crippen LogP contribution in [-0.4, -0.2) is 37.4 Å². The summed E-state index contributed by atoms with van der Waals surface area (Å²) in [7, 11) is 0. The zero-order valence-electron chi connectivity index (χ0n) is 13.9. The second-order valence-electron chi connectivity index (χ2n) is 5.78. The van der Waals surface area contributed by atoms with Crippen LogP contribution in [-0.2, 0) is 6.42 Å². The predicted molar refractivity (Wildman–Crippen MR) is 90.1 cm³/mol. The summed E-state index contributed by atoms with van der Waals surface area (Å²) in [5, 5.41) is 19.2. The number of nitrogens with one attached hydrogen (secondary N) is 1. The first-order valence-corrected chi connectivity index (χ1v) is 8.22. The van der Waals surface area contributed by atoms with Crippen molar-refractivity contribution in [1.29, 1.82) is 0 Å². The number of nitrogens with two attached hydrogens (primary N) is 1. The predicted octanol–water partition coefficient (Wildman–Crippen LogP) is 1.26. The molecule has 0 saturated carbocycles. The van der Waals surface area contributed by atoms with Crippen LogP contribution in [0.2, 0.25) is 0 Å². The largest absolute Gasteiger partial charge is 0.378 e. The van der Waals surface area contributed by atoms with Gasteiger partial charge in [-0.25, -0.2) is 10.1 Å². The van der Waals surface area contributed by atoms with Crippen molar-refractivity contribution in [3.8, 4) is 5.82 Å². The van der Waals surface area contributed by atoms with Gasteiger partial charge in [-0.1, -0.05) is 30.7 Å². The molecule has 10 nitrogen and oxygen atoms in total. The fourth-order valence-corrected chi connectivity index (χ4v) is 2.65. The second kappa shape index (κ2) is 7.69. The molecule has 1 amide bonds. The van der Waals surface area contributed by atoms with Crippen molar-refractivity contribution in [2.45, 2.75) is 39.0 Å². The molecule has 0 spiro atoms. The summed E-state index contributed by atoms with van der Waals surface area (Å²) in [4.78, 5) is 12.4. The Hall–Kier alpha value is -3.04. The standard InChI is InChI=1S/C15H20N8O2/c1-2-6-11-12(18-22-23(11)14-13(16)20-25-21-14)15(24)19-17-9-10-7-4-3-5-8-10/h3-4,9-10H,2,5-8H2,1H3,(H2,16,20)(H,19,24)/b17-9+. The smallest absolute Gasteiger partial charge is 0.293 e. The van der Waals surface area contributed by atoms with Gasteiger partial charge in [-0.2, -0.15) is 9.78 Å². The number of nitrogen functional groups attached to an aromatic ring is 1. The Bertz CT molecular complexity index is 791. The van der Waals surface area contributed by atoms with E-state index in [2.05, 4.69) is 47.9 Å². The molecule has 2 aromatic rings. The van der Waals surface area contributed by atoms with E-state index in [1.807, 2.05) is 6.92 Å². The summed E-state index contributed by atoms with van der Waals surface area (Å²) in [6, 6.07) is 0. The first-order valence-electron chi connectivity index (χ1n) is 8.22. The van der Waals surface area contributed by atoms with Crippen molar-refractivity contribution < 1.29 is 9.42 Å². The molecule has 2 aromatic heterocycles. The second-order valence-corrected chi connectivity index (χ2v) is 5.78. The summed E-state index contributed by atoms with van der Waals surface area (Å²) in [5.41, 5.74) is 8.99. The summed E-state index contributed by atoms with van der Waals surface area (Å²) >= 11 is 0. The molecule has 1 aliphatic rings. The number of carbonyl (C=O) groups is 1. The maximum Gasteiger partial charge on any atom is 0.293 e. The summed E-state index contributed by atoms with van der Waals surface area (Å²) in [6.07, 6.45) is 10.4. The van der Waals surface area contributed by atoms with Gasteiger partial charge in [-0.05, 0) is 41.9 Å². The Kier molecular flexibility index (Phi) is 5.17. The average molecular weight is 344 g/mol. The van der Waals surface area contributed by atoms with Crippen LogP contribution < -0.4 is 11.2 Å². The number of nitrogens with zero attached hydrogens (tertiary/aromatic N) is 6. The van der Waals surface area contributed by atoms with Gasteiger partial charge in [0.1, 0.15) is 0 Å². The molecule has 0 aromatic carbocycles. The van der Waals surface area contributed by atoms with Crippen LogP contribution >= 0.6 is 0 Å². The molecule has 0 bridgehead atoms. The molecule has 10 heteroatoms. The van der Waals surface area contributed by atoms with Crippen molar-refractivity contribution >= 4 is 17.9 Å². The quantitative estimate of drug-likeness (QED) is 0.457. The van der Waals surface area contributed by atoms with Crippen LogP contribution in [0.4, 0.5) is 5.82 Å². The fraction of sp³-hybridized carbons (Fsp3) is 0.467. The molecule has 1 atom stereocenters. The summed E-state index contributed by atoms with van der Waals surface area (Å²) in [6.45, 7) is 1.98. The highest BCUT2D eigenvalue weighted by molar-refractivity contribution is 5.93. The third kappa shape index (κ3) is 3.73. The molecule has 0 radical (unpaired) electrons. The molecule has 1 aliphatic carbocycles. The number of carbonyl (C=O) groups excluding carboxylic acids is 1. The van der Waals surface area contributed by atoms with E-state index in [-0.39, 0.29) is 17.3 Å². The van der Waals surface area contributed by atoms with Crippen LogP contribution in [0.3, 0.4) is 0 Å². The highest BCUT2D eigenvalue weighted by Gasteiger charge is 2.23. The van der Waals surface area contributed by atoms with Crippen molar-refractivity contribution in [2.75, 3.05) is 5.73 Å². The van der Waals surface area contributed by atoms with Crippen LogP contribution in [0.5, 0.6) is 0 Å². The zero-order chi connectivity index (χ0) is 17.6. The van der Waals surface area contributed by atoms with E-state index in [0.29, 0.717) is 18.0 Å². The van der Waals surface area contributed by atoms with Gasteiger partial charge in [0.15, 0.2) is 5.69 Å². The van der Waals surface area contributed by atoms with E-state index < -0.39 is 5.91 Å². The molecule has 132 valence electrons. The van der Waals surface area contributed by atoms with Gasteiger partial charge in [-0.15, -0.1) is 5.10 Å². The van der Waals surface area contributed by atoms with Crippen molar-refractivity contribution in [3.63, 3.8) is 0 Å². The van der Waals surface area contributed by atoms with E-state index >= 15 is 0 Å². The number of rotatable bonds is 6. The van der Waals surface area contributed by atoms with Gasteiger partial charge in [0.2, 0.25) is 11.6 Å². The third-order valence-electron chi connectivity index (χ3n) is 3.92. The Morgan fingerprint density at radius 1 is 1.52 bits per heavy atom. The lowest BCUT2D eigenvalue weighted by Crippen LogP contribution is -2.21.